The van der Waals surface area contributed by atoms with Gasteiger partial charge in [-0.2, -0.15) is 0 Å². The Morgan fingerprint density at radius 3 is 2.15 bits per heavy atom. The fourth-order valence-electron chi connectivity index (χ4n) is 2.23. The van der Waals surface area contributed by atoms with E-state index >= 15 is 0 Å². The normalized spacial score (nSPS) is 11.2. The molecule has 0 fully saturated rings. The molecule has 1 aromatic carbocycles. The van der Waals surface area contributed by atoms with Crippen LogP contribution in [0.4, 0.5) is 14.5 Å². The number of hydrogen-bond donors (Lipinski definition) is 1. The predicted octanol–water partition coefficient (Wildman–Crippen LogP) is 2.46. The molecule has 1 N–H and O–H groups in total. The molecule has 0 aromatic heterocycles. The summed E-state index contributed by atoms with van der Waals surface area (Å²) in [4.78, 5) is 3.83. The zero-order chi connectivity index (χ0) is 15.1. The summed E-state index contributed by atoms with van der Waals surface area (Å²) in [5, 5.41) is 2.90. The van der Waals surface area contributed by atoms with Gasteiger partial charge in [0, 0.05) is 19.6 Å². The molecule has 0 aliphatic heterocycles. The number of nitrogens with zero attached hydrogens (tertiary/aromatic N) is 2. The van der Waals surface area contributed by atoms with Gasteiger partial charge >= 0.3 is 0 Å². The van der Waals surface area contributed by atoms with Crippen LogP contribution in [0.3, 0.4) is 0 Å². The maximum absolute atomic E-state index is 14.1. The van der Waals surface area contributed by atoms with E-state index in [-0.39, 0.29) is 5.69 Å². The van der Waals surface area contributed by atoms with Crippen LogP contribution in [0.15, 0.2) is 12.1 Å². The lowest BCUT2D eigenvalue weighted by atomic mass is 10.1. The minimum Gasteiger partial charge on any atom is -0.367 e. The molecule has 0 radical (unpaired) electrons. The molecule has 0 aliphatic carbocycles. The topological polar surface area (TPSA) is 18.5 Å². The van der Waals surface area contributed by atoms with E-state index in [2.05, 4.69) is 10.2 Å². The van der Waals surface area contributed by atoms with Crippen LogP contribution < -0.4 is 10.2 Å². The minimum absolute atomic E-state index is 0.0890. The van der Waals surface area contributed by atoms with Gasteiger partial charge < -0.3 is 15.1 Å². The number of nitrogens with one attached hydrogen (secondary N) is 1. The molecule has 114 valence electrons. The van der Waals surface area contributed by atoms with Gasteiger partial charge in [-0.3, -0.25) is 0 Å². The first-order valence-corrected chi connectivity index (χ1v) is 7.01. The van der Waals surface area contributed by atoms with Crippen molar-refractivity contribution in [1.29, 1.82) is 0 Å². The van der Waals surface area contributed by atoms with Crippen LogP contribution in [-0.2, 0) is 6.54 Å². The molecule has 0 saturated carbocycles. The second kappa shape index (κ2) is 8.17. The molecule has 5 heteroatoms. The van der Waals surface area contributed by atoms with Gasteiger partial charge in [0.25, 0.3) is 0 Å². The van der Waals surface area contributed by atoms with Crippen LogP contribution in [0.1, 0.15) is 18.9 Å². The molecule has 0 spiro atoms. The Kier molecular flexibility index (Phi) is 6.88. The summed E-state index contributed by atoms with van der Waals surface area (Å²) in [6.45, 7) is 4.51. The molecule has 1 aromatic rings. The van der Waals surface area contributed by atoms with Crippen molar-refractivity contribution in [2.45, 2.75) is 19.9 Å². The van der Waals surface area contributed by atoms with E-state index in [0.29, 0.717) is 25.2 Å². The first-order valence-electron chi connectivity index (χ1n) is 7.01. The zero-order valence-electron chi connectivity index (χ0n) is 12.8. The van der Waals surface area contributed by atoms with Gasteiger partial charge in [0.1, 0.15) is 17.3 Å². The lowest BCUT2D eigenvalue weighted by Gasteiger charge is -2.25. The Labute approximate surface area is 120 Å². The minimum atomic E-state index is -0.484. The molecule has 20 heavy (non-hydrogen) atoms. The van der Waals surface area contributed by atoms with E-state index in [4.69, 9.17) is 0 Å². The van der Waals surface area contributed by atoms with Gasteiger partial charge in [0.2, 0.25) is 0 Å². The number of anilines is 1. The molecule has 0 amide bonds. The van der Waals surface area contributed by atoms with Gasteiger partial charge in [-0.05, 0) is 58.7 Å². The molecule has 0 heterocycles. The second-order valence-corrected chi connectivity index (χ2v) is 5.17. The molecule has 0 saturated heterocycles. The smallest absolute Gasteiger partial charge is 0.149 e. The van der Waals surface area contributed by atoms with Crippen molar-refractivity contribution >= 4 is 5.69 Å². The van der Waals surface area contributed by atoms with Gasteiger partial charge in [-0.25, -0.2) is 8.78 Å². The Morgan fingerprint density at radius 2 is 1.70 bits per heavy atom. The standard InChI is InChI=1S/C15H25F2N3/c1-5-20(8-6-7-19(3)4)15-13(16)9-12(11-18-2)10-14(15)17/h9-10,18H,5-8,11H2,1-4H3. The van der Waals surface area contributed by atoms with Crippen LogP contribution in [-0.4, -0.2) is 45.7 Å². The van der Waals surface area contributed by atoms with Crippen LogP contribution in [0, 0.1) is 11.6 Å². The highest BCUT2D eigenvalue weighted by Gasteiger charge is 2.16. The van der Waals surface area contributed by atoms with Crippen LogP contribution in [0.2, 0.25) is 0 Å². The molecule has 3 nitrogen and oxygen atoms in total. The Hall–Kier alpha value is -1.20. The highest BCUT2D eigenvalue weighted by atomic mass is 19.1. The average molecular weight is 285 g/mol. The lowest BCUT2D eigenvalue weighted by Crippen LogP contribution is -2.28. The third-order valence-corrected chi connectivity index (χ3v) is 3.19. The number of rotatable bonds is 8. The highest BCUT2D eigenvalue weighted by molar-refractivity contribution is 5.50. The second-order valence-electron chi connectivity index (χ2n) is 5.17. The zero-order valence-corrected chi connectivity index (χ0v) is 12.8. The molecule has 0 unspecified atom stereocenters. The first kappa shape index (κ1) is 16.9. The third-order valence-electron chi connectivity index (χ3n) is 3.19. The van der Waals surface area contributed by atoms with E-state index < -0.39 is 11.6 Å². The fourth-order valence-corrected chi connectivity index (χ4v) is 2.23. The van der Waals surface area contributed by atoms with Crippen molar-refractivity contribution in [3.8, 4) is 0 Å². The van der Waals surface area contributed by atoms with Crippen LogP contribution >= 0.6 is 0 Å². The van der Waals surface area contributed by atoms with Crippen molar-refractivity contribution in [2.75, 3.05) is 45.7 Å². The molecule has 0 atom stereocenters. The Morgan fingerprint density at radius 1 is 1.10 bits per heavy atom. The maximum atomic E-state index is 14.1. The molecule has 0 aliphatic rings. The van der Waals surface area contributed by atoms with Gasteiger partial charge in [0.15, 0.2) is 0 Å². The lowest BCUT2D eigenvalue weighted by molar-refractivity contribution is 0.400. The van der Waals surface area contributed by atoms with E-state index in [9.17, 15) is 8.78 Å². The Bertz CT molecular complexity index is 399. The SMILES string of the molecule is CCN(CCCN(C)C)c1c(F)cc(CNC)cc1F. The fraction of sp³-hybridized carbons (Fsp3) is 0.600. The van der Waals surface area contributed by atoms with Crippen LogP contribution in [0.25, 0.3) is 0 Å². The van der Waals surface area contributed by atoms with Crippen molar-refractivity contribution < 1.29 is 8.78 Å². The molecule has 0 bridgehead atoms. The van der Waals surface area contributed by atoms with Crippen LogP contribution in [0.5, 0.6) is 0 Å². The van der Waals surface area contributed by atoms with Gasteiger partial charge in [0.05, 0.1) is 0 Å². The summed E-state index contributed by atoms with van der Waals surface area (Å²) in [7, 11) is 5.73. The third kappa shape index (κ3) is 4.72. The van der Waals surface area contributed by atoms with Crippen molar-refractivity contribution in [3.05, 3.63) is 29.3 Å². The van der Waals surface area contributed by atoms with E-state index in [0.717, 1.165) is 13.0 Å². The monoisotopic (exact) mass is 285 g/mol. The van der Waals surface area contributed by atoms with Gasteiger partial charge in [-0.15, -0.1) is 0 Å². The first-order chi connectivity index (χ1) is 9.49. The summed E-state index contributed by atoms with van der Waals surface area (Å²) in [5.41, 5.74) is 0.710. The number of hydrogen-bond acceptors (Lipinski definition) is 3. The Balaban J connectivity index is 2.86. The van der Waals surface area contributed by atoms with E-state index in [1.54, 1.807) is 11.9 Å². The summed E-state index contributed by atoms with van der Waals surface area (Å²) in [6, 6.07) is 2.81. The van der Waals surface area contributed by atoms with Crippen molar-refractivity contribution in [3.63, 3.8) is 0 Å². The quantitative estimate of drug-likeness (QED) is 0.791. The van der Waals surface area contributed by atoms with Crippen molar-refractivity contribution in [2.24, 2.45) is 0 Å². The van der Waals surface area contributed by atoms with E-state index in [1.165, 1.54) is 12.1 Å². The average Bonchev–Trinajstić information content (AvgIpc) is 2.36. The number of benzene rings is 1. The summed E-state index contributed by atoms with van der Waals surface area (Å²) < 4.78 is 28.3. The highest BCUT2D eigenvalue weighted by Crippen LogP contribution is 2.25. The van der Waals surface area contributed by atoms with Gasteiger partial charge in [-0.1, -0.05) is 0 Å². The summed E-state index contributed by atoms with van der Waals surface area (Å²) in [6.07, 6.45) is 0.873. The molecular weight excluding hydrogens is 260 g/mol. The predicted molar refractivity (Wildman–Crippen MR) is 80.2 cm³/mol. The number of halogens is 2. The van der Waals surface area contributed by atoms with Crippen molar-refractivity contribution in [1.82, 2.24) is 10.2 Å². The maximum Gasteiger partial charge on any atom is 0.149 e. The van der Waals surface area contributed by atoms with E-state index in [1.807, 2.05) is 21.0 Å². The largest absolute Gasteiger partial charge is 0.367 e. The molecule has 1 rings (SSSR count). The summed E-state index contributed by atoms with van der Waals surface area (Å²) >= 11 is 0. The molecular formula is C15H25F2N3. The summed E-state index contributed by atoms with van der Waals surface area (Å²) in [5.74, 6) is -0.969.